The van der Waals surface area contributed by atoms with Gasteiger partial charge in [-0.3, -0.25) is 0 Å². The molecule has 0 unspecified atom stereocenters. The number of para-hydroxylation sites is 1. The lowest BCUT2D eigenvalue weighted by molar-refractivity contribution is 0.669. The van der Waals surface area contributed by atoms with Crippen molar-refractivity contribution in [2.24, 2.45) is 0 Å². The highest BCUT2D eigenvalue weighted by atomic mass is 16.3. The molecule has 0 atom stereocenters. The van der Waals surface area contributed by atoms with Gasteiger partial charge in [-0.2, -0.15) is 0 Å². The number of hydrogen-bond donors (Lipinski definition) is 0. The third-order valence-electron chi connectivity index (χ3n) is 11.3. The van der Waals surface area contributed by atoms with E-state index < -0.39 is 0 Å². The van der Waals surface area contributed by atoms with Crippen LogP contribution in [0.5, 0.6) is 0 Å². The molecule has 3 aromatic heterocycles. The lowest BCUT2D eigenvalue weighted by atomic mass is 9.95. The van der Waals surface area contributed by atoms with Crippen molar-refractivity contribution >= 4 is 65.4 Å². The van der Waals surface area contributed by atoms with Crippen molar-refractivity contribution in [3.63, 3.8) is 0 Å². The second-order valence-corrected chi connectivity index (χ2v) is 14.8. The minimum atomic E-state index is 0.561. The van der Waals surface area contributed by atoms with Crippen LogP contribution in [0.2, 0.25) is 0 Å². The Labute approximate surface area is 332 Å². The minimum Gasteiger partial charge on any atom is -0.456 e. The van der Waals surface area contributed by atoms with Gasteiger partial charge in [0, 0.05) is 43.8 Å². The topological polar surface area (TPSA) is 65.0 Å². The molecule has 58 heavy (non-hydrogen) atoms. The molecule has 0 saturated heterocycles. The number of rotatable bonds is 5. The molecule has 12 rings (SSSR count). The first kappa shape index (κ1) is 32.4. The third kappa shape index (κ3) is 5.29. The molecule has 5 heteroatoms. The van der Waals surface area contributed by atoms with Gasteiger partial charge in [0.25, 0.3) is 0 Å². The number of hydrogen-bond acceptors (Lipinski definition) is 5. The quantitative estimate of drug-likeness (QED) is 0.176. The van der Waals surface area contributed by atoms with E-state index in [1.54, 1.807) is 0 Å². The van der Waals surface area contributed by atoms with Crippen LogP contribution in [-0.4, -0.2) is 15.0 Å². The fourth-order valence-corrected chi connectivity index (χ4v) is 8.40. The van der Waals surface area contributed by atoms with Gasteiger partial charge in [-0.1, -0.05) is 140 Å². The van der Waals surface area contributed by atoms with Crippen LogP contribution < -0.4 is 0 Å². The zero-order valence-electron chi connectivity index (χ0n) is 31.1. The molecular formula is C53H31N3O2. The highest BCUT2D eigenvalue weighted by Gasteiger charge is 2.22. The van der Waals surface area contributed by atoms with Crippen LogP contribution >= 0.6 is 0 Å². The van der Waals surface area contributed by atoms with Gasteiger partial charge in [0.15, 0.2) is 17.5 Å². The molecule has 3 heterocycles. The van der Waals surface area contributed by atoms with Crippen molar-refractivity contribution in [3.05, 3.63) is 188 Å². The molecule has 0 amide bonds. The Morgan fingerprint density at radius 3 is 1.71 bits per heavy atom. The van der Waals surface area contributed by atoms with Crippen molar-refractivity contribution in [2.75, 3.05) is 0 Å². The van der Waals surface area contributed by atoms with Crippen molar-refractivity contribution in [3.8, 4) is 56.4 Å². The Morgan fingerprint density at radius 1 is 0.293 bits per heavy atom. The van der Waals surface area contributed by atoms with E-state index in [1.807, 2.05) is 54.6 Å². The van der Waals surface area contributed by atoms with E-state index in [0.717, 1.165) is 88.0 Å². The Balaban J connectivity index is 1.06. The second-order valence-electron chi connectivity index (χ2n) is 14.8. The molecule has 0 N–H and O–H groups in total. The molecule has 270 valence electrons. The van der Waals surface area contributed by atoms with Crippen molar-refractivity contribution in [1.82, 2.24) is 15.0 Å². The van der Waals surface area contributed by atoms with Crippen LogP contribution in [0.3, 0.4) is 0 Å². The Morgan fingerprint density at radius 2 is 0.879 bits per heavy atom. The zero-order valence-corrected chi connectivity index (χ0v) is 31.1. The molecule has 0 spiro atoms. The largest absolute Gasteiger partial charge is 0.456 e. The van der Waals surface area contributed by atoms with Crippen molar-refractivity contribution in [2.45, 2.75) is 0 Å². The summed E-state index contributed by atoms with van der Waals surface area (Å²) in [6, 6.07) is 65.3. The van der Waals surface area contributed by atoms with Crippen LogP contribution in [0, 0.1) is 0 Å². The number of aromatic nitrogens is 3. The molecule has 0 aliphatic heterocycles. The van der Waals surface area contributed by atoms with Crippen LogP contribution in [-0.2, 0) is 0 Å². The number of fused-ring (bicyclic) bond motifs is 8. The van der Waals surface area contributed by atoms with E-state index in [4.69, 9.17) is 23.8 Å². The van der Waals surface area contributed by atoms with Crippen molar-refractivity contribution < 1.29 is 8.83 Å². The minimum absolute atomic E-state index is 0.561. The average molecular weight is 742 g/mol. The van der Waals surface area contributed by atoms with E-state index >= 15 is 0 Å². The fourth-order valence-electron chi connectivity index (χ4n) is 8.40. The summed E-state index contributed by atoms with van der Waals surface area (Å²) in [6.07, 6.45) is 0. The van der Waals surface area contributed by atoms with E-state index in [9.17, 15) is 0 Å². The molecular weight excluding hydrogens is 711 g/mol. The number of benzene rings is 9. The van der Waals surface area contributed by atoms with Crippen LogP contribution in [0.4, 0.5) is 0 Å². The molecule has 0 aliphatic carbocycles. The maximum absolute atomic E-state index is 6.89. The van der Waals surface area contributed by atoms with E-state index in [0.29, 0.717) is 17.5 Å². The lowest BCUT2D eigenvalue weighted by Crippen LogP contribution is -2.00. The first-order valence-electron chi connectivity index (χ1n) is 19.4. The summed E-state index contributed by atoms with van der Waals surface area (Å²) in [7, 11) is 0. The van der Waals surface area contributed by atoms with E-state index in [2.05, 4.69) is 133 Å². The Kier molecular flexibility index (Phi) is 7.16. The molecule has 9 aromatic carbocycles. The maximum atomic E-state index is 6.89. The molecule has 0 fully saturated rings. The molecule has 12 aromatic rings. The smallest absolute Gasteiger partial charge is 0.164 e. The molecule has 0 saturated carbocycles. The van der Waals surface area contributed by atoms with Gasteiger partial charge < -0.3 is 8.83 Å². The normalized spacial score (nSPS) is 11.8. The van der Waals surface area contributed by atoms with E-state index in [1.165, 1.54) is 16.3 Å². The summed E-state index contributed by atoms with van der Waals surface area (Å²) >= 11 is 0. The van der Waals surface area contributed by atoms with Gasteiger partial charge in [0.05, 0.1) is 0 Å². The average Bonchev–Trinajstić information content (AvgIpc) is 3.86. The third-order valence-corrected chi connectivity index (χ3v) is 11.3. The summed E-state index contributed by atoms with van der Waals surface area (Å²) in [5, 5.41) is 8.80. The fraction of sp³-hybridized carbons (Fsp3) is 0. The standard InChI is InChI=1S/C53H31N3O2/c1-2-11-35(12-3-1)51-54-52(40-24-25-43-42-16-8-9-17-46(42)57-47(43)31-40)56-53(55-51)44-27-26-41(50-49(44)45-29-37-14-6-7-15-38(37)30-48(45)58-50)34-21-18-33(19-22-34)39-23-20-32-10-4-5-13-36(32)28-39/h1-31H. The summed E-state index contributed by atoms with van der Waals surface area (Å²) in [6.45, 7) is 0. The highest BCUT2D eigenvalue weighted by Crippen LogP contribution is 2.43. The predicted octanol–water partition coefficient (Wildman–Crippen LogP) is 14.3. The molecule has 0 bridgehead atoms. The number of nitrogens with zero attached hydrogens (tertiary/aromatic N) is 3. The van der Waals surface area contributed by atoms with Gasteiger partial charge in [0.1, 0.15) is 22.3 Å². The second kappa shape index (κ2) is 12.8. The SMILES string of the molecule is c1ccc(-c2nc(-c3ccc4c(c3)oc3ccccc34)nc(-c3ccc(-c4ccc(-c5ccc6ccccc6c5)cc4)c4oc5cc6ccccc6cc5c34)n2)cc1. The van der Waals surface area contributed by atoms with Gasteiger partial charge in [-0.25, -0.2) is 15.0 Å². The van der Waals surface area contributed by atoms with Crippen molar-refractivity contribution in [1.29, 1.82) is 0 Å². The maximum Gasteiger partial charge on any atom is 0.164 e. The first-order chi connectivity index (χ1) is 28.7. The Hall–Kier alpha value is -7.89. The van der Waals surface area contributed by atoms with Crippen LogP contribution in [0.1, 0.15) is 0 Å². The molecule has 5 nitrogen and oxygen atoms in total. The van der Waals surface area contributed by atoms with Gasteiger partial charge in [-0.05, 0) is 86.8 Å². The molecule has 0 radical (unpaired) electrons. The highest BCUT2D eigenvalue weighted by molar-refractivity contribution is 6.18. The van der Waals surface area contributed by atoms with Gasteiger partial charge in [-0.15, -0.1) is 0 Å². The lowest BCUT2D eigenvalue weighted by Gasteiger charge is -2.11. The summed E-state index contributed by atoms with van der Waals surface area (Å²) in [4.78, 5) is 15.5. The summed E-state index contributed by atoms with van der Waals surface area (Å²) in [5.74, 6) is 1.71. The summed E-state index contributed by atoms with van der Waals surface area (Å²) in [5.41, 5.74) is 10.2. The van der Waals surface area contributed by atoms with Gasteiger partial charge in [0.2, 0.25) is 0 Å². The van der Waals surface area contributed by atoms with Gasteiger partial charge >= 0.3 is 0 Å². The first-order valence-corrected chi connectivity index (χ1v) is 19.4. The predicted molar refractivity (Wildman–Crippen MR) is 237 cm³/mol. The zero-order chi connectivity index (χ0) is 38.2. The van der Waals surface area contributed by atoms with Crippen LogP contribution in [0.25, 0.3) is 122 Å². The Bertz CT molecular complexity index is 3570. The molecule has 0 aliphatic rings. The number of furan rings is 2. The monoisotopic (exact) mass is 741 g/mol. The summed E-state index contributed by atoms with van der Waals surface area (Å²) < 4.78 is 13.2. The van der Waals surface area contributed by atoms with E-state index in [-0.39, 0.29) is 0 Å². The van der Waals surface area contributed by atoms with Crippen LogP contribution in [0.15, 0.2) is 197 Å².